The van der Waals surface area contributed by atoms with Gasteiger partial charge in [0.15, 0.2) is 0 Å². The molecule has 0 saturated carbocycles. The first-order valence-electron chi connectivity index (χ1n) is 6.00. The van der Waals surface area contributed by atoms with Gasteiger partial charge in [-0.15, -0.1) is 6.58 Å². The highest BCUT2D eigenvalue weighted by Gasteiger charge is 2.05. The van der Waals surface area contributed by atoms with Crippen molar-refractivity contribution in [2.45, 2.75) is 6.54 Å². The van der Waals surface area contributed by atoms with Gasteiger partial charge in [-0.3, -0.25) is 0 Å². The van der Waals surface area contributed by atoms with Gasteiger partial charge in [-0.05, 0) is 11.6 Å². The molecule has 0 atom stereocenters. The molecule has 0 bridgehead atoms. The maximum absolute atomic E-state index is 11.5. The van der Waals surface area contributed by atoms with Crippen LogP contribution in [0, 0.1) is 0 Å². The molecule has 0 aliphatic carbocycles. The number of imidazole rings is 1. The van der Waals surface area contributed by atoms with E-state index in [2.05, 4.69) is 22.2 Å². The van der Waals surface area contributed by atoms with Gasteiger partial charge in [0.25, 0.3) is 0 Å². The van der Waals surface area contributed by atoms with Crippen molar-refractivity contribution in [3.05, 3.63) is 61.2 Å². The molecule has 5 nitrogen and oxygen atoms in total. The Morgan fingerprint density at radius 1 is 1.37 bits per heavy atom. The molecule has 0 aliphatic heterocycles. The molecule has 2 amide bonds. The van der Waals surface area contributed by atoms with Crippen LogP contribution in [0.4, 0.5) is 4.79 Å². The lowest BCUT2D eigenvalue weighted by Crippen LogP contribution is -2.35. The number of benzene rings is 1. The Labute approximate surface area is 112 Å². The van der Waals surface area contributed by atoms with Crippen LogP contribution in [0.25, 0.3) is 5.69 Å². The Bertz CT molecular complexity index is 548. The van der Waals surface area contributed by atoms with Crippen LogP contribution >= 0.6 is 0 Å². The lowest BCUT2D eigenvalue weighted by atomic mass is 10.1. The predicted molar refractivity (Wildman–Crippen MR) is 74.0 cm³/mol. The third-order valence-electron chi connectivity index (χ3n) is 2.62. The van der Waals surface area contributed by atoms with Crippen LogP contribution in [-0.2, 0) is 6.54 Å². The number of amides is 2. The van der Waals surface area contributed by atoms with Gasteiger partial charge in [-0.2, -0.15) is 0 Å². The molecule has 1 heterocycles. The number of rotatable bonds is 5. The average molecular weight is 256 g/mol. The monoisotopic (exact) mass is 256 g/mol. The molecule has 0 spiro atoms. The van der Waals surface area contributed by atoms with Crippen molar-refractivity contribution < 1.29 is 4.79 Å². The number of nitrogens with zero attached hydrogens (tertiary/aromatic N) is 2. The van der Waals surface area contributed by atoms with Crippen molar-refractivity contribution in [2.75, 3.05) is 6.54 Å². The highest BCUT2D eigenvalue weighted by Crippen LogP contribution is 2.13. The molecule has 1 aromatic carbocycles. The van der Waals surface area contributed by atoms with Crippen molar-refractivity contribution in [3.63, 3.8) is 0 Å². The minimum absolute atomic E-state index is 0.208. The van der Waals surface area contributed by atoms with Crippen LogP contribution in [0.2, 0.25) is 0 Å². The minimum Gasteiger partial charge on any atom is -0.335 e. The quantitative estimate of drug-likeness (QED) is 0.802. The highest BCUT2D eigenvalue weighted by molar-refractivity contribution is 5.74. The Morgan fingerprint density at radius 2 is 2.21 bits per heavy atom. The maximum Gasteiger partial charge on any atom is 0.315 e. The molecule has 0 fully saturated rings. The number of para-hydroxylation sites is 1. The predicted octanol–water partition coefficient (Wildman–Crippen LogP) is 1.86. The number of nitrogens with one attached hydrogen (secondary N) is 2. The van der Waals surface area contributed by atoms with E-state index in [0.717, 1.165) is 11.3 Å². The Balaban J connectivity index is 2.05. The minimum atomic E-state index is -0.208. The van der Waals surface area contributed by atoms with Crippen LogP contribution in [0.15, 0.2) is 55.6 Å². The van der Waals surface area contributed by atoms with Crippen molar-refractivity contribution in [3.8, 4) is 5.69 Å². The standard InChI is InChI=1S/C14H16N4O/c1-2-7-16-14(19)17-10-12-5-3-4-6-13(12)18-9-8-15-11-18/h2-6,8-9,11H,1,7,10H2,(H2,16,17,19). The Hall–Kier alpha value is -2.56. The summed E-state index contributed by atoms with van der Waals surface area (Å²) >= 11 is 0. The molecule has 98 valence electrons. The largest absolute Gasteiger partial charge is 0.335 e. The van der Waals surface area contributed by atoms with Gasteiger partial charge in [0, 0.05) is 25.5 Å². The molecule has 1 aromatic heterocycles. The highest BCUT2D eigenvalue weighted by atomic mass is 16.2. The van der Waals surface area contributed by atoms with Gasteiger partial charge in [0.05, 0.1) is 12.0 Å². The van der Waals surface area contributed by atoms with Gasteiger partial charge in [0.2, 0.25) is 0 Å². The number of carbonyl (C=O) groups excluding carboxylic acids is 1. The third kappa shape index (κ3) is 3.45. The molecule has 0 unspecified atom stereocenters. The van der Waals surface area contributed by atoms with Crippen LogP contribution in [-0.4, -0.2) is 22.1 Å². The number of hydrogen-bond acceptors (Lipinski definition) is 2. The van der Waals surface area contributed by atoms with E-state index in [9.17, 15) is 4.79 Å². The van der Waals surface area contributed by atoms with Crippen LogP contribution < -0.4 is 10.6 Å². The smallest absolute Gasteiger partial charge is 0.315 e. The fourth-order valence-corrected chi connectivity index (χ4v) is 1.72. The van der Waals surface area contributed by atoms with Crippen molar-refractivity contribution >= 4 is 6.03 Å². The van der Waals surface area contributed by atoms with Crippen LogP contribution in [0.5, 0.6) is 0 Å². The summed E-state index contributed by atoms with van der Waals surface area (Å²) in [5, 5.41) is 5.47. The van der Waals surface area contributed by atoms with E-state index in [1.165, 1.54) is 0 Å². The lowest BCUT2D eigenvalue weighted by molar-refractivity contribution is 0.241. The average Bonchev–Trinajstić information content (AvgIpc) is 2.97. The molecule has 0 aliphatic rings. The van der Waals surface area contributed by atoms with Crippen molar-refractivity contribution in [1.82, 2.24) is 20.2 Å². The van der Waals surface area contributed by atoms with Crippen LogP contribution in [0.3, 0.4) is 0 Å². The lowest BCUT2D eigenvalue weighted by Gasteiger charge is -2.11. The van der Waals surface area contributed by atoms with E-state index >= 15 is 0 Å². The van der Waals surface area contributed by atoms with Crippen LogP contribution in [0.1, 0.15) is 5.56 Å². The first kappa shape index (κ1) is 12.9. The molecule has 2 N–H and O–H groups in total. The molecule has 0 saturated heterocycles. The zero-order valence-electron chi connectivity index (χ0n) is 10.5. The zero-order chi connectivity index (χ0) is 13.5. The summed E-state index contributed by atoms with van der Waals surface area (Å²) in [4.78, 5) is 15.5. The number of aromatic nitrogens is 2. The number of hydrogen-bond donors (Lipinski definition) is 2. The topological polar surface area (TPSA) is 59.0 Å². The fraction of sp³-hybridized carbons (Fsp3) is 0.143. The summed E-state index contributed by atoms with van der Waals surface area (Å²) in [6.07, 6.45) is 6.97. The second-order valence-corrected chi connectivity index (χ2v) is 3.95. The number of urea groups is 1. The van der Waals surface area contributed by atoms with E-state index in [1.54, 1.807) is 18.6 Å². The normalized spacial score (nSPS) is 9.89. The molecule has 0 radical (unpaired) electrons. The van der Waals surface area contributed by atoms with Crippen molar-refractivity contribution in [2.24, 2.45) is 0 Å². The number of carbonyl (C=O) groups is 1. The van der Waals surface area contributed by atoms with E-state index < -0.39 is 0 Å². The Kier molecular flexibility index (Phi) is 4.34. The van der Waals surface area contributed by atoms with Gasteiger partial charge in [-0.1, -0.05) is 24.3 Å². The third-order valence-corrected chi connectivity index (χ3v) is 2.62. The Morgan fingerprint density at radius 3 is 2.95 bits per heavy atom. The van der Waals surface area contributed by atoms with Gasteiger partial charge in [-0.25, -0.2) is 9.78 Å². The summed E-state index contributed by atoms with van der Waals surface area (Å²) in [7, 11) is 0. The van der Waals surface area contributed by atoms with Crippen molar-refractivity contribution in [1.29, 1.82) is 0 Å². The first-order chi connectivity index (χ1) is 9.31. The van der Waals surface area contributed by atoms with E-state index in [4.69, 9.17) is 0 Å². The molecule has 19 heavy (non-hydrogen) atoms. The summed E-state index contributed by atoms with van der Waals surface area (Å²) in [5.41, 5.74) is 2.03. The first-order valence-corrected chi connectivity index (χ1v) is 6.00. The molecular weight excluding hydrogens is 240 g/mol. The molecule has 5 heteroatoms. The molecule has 2 aromatic rings. The molecule has 2 rings (SSSR count). The summed E-state index contributed by atoms with van der Waals surface area (Å²) in [6, 6.07) is 7.65. The van der Waals surface area contributed by atoms with E-state index in [1.807, 2.05) is 35.0 Å². The summed E-state index contributed by atoms with van der Waals surface area (Å²) < 4.78 is 1.92. The van der Waals surface area contributed by atoms with Gasteiger partial charge in [0.1, 0.15) is 0 Å². The zero-order valence-corrected chi connectivity index (χ0v) is 10.5. The fourth-order valence-electron chi connectivity index (χ4n) is 1.72. The van der Waals surface area contributed by atoms with Gasteiger partial charge >= 0.3 is 6.03 Å². The molecular formula is C14H16N4O. The van der Waals surface area contributed by atoms with E-state index in [0.29, 0.717) is 13.1 Å². The SMILES string of the molecule is C=CCNC(=O)NCc1ccccc1-n1ccnc1. The maximum atomic E-state index is 11.5. The summed E-state index contributed by atoms with van der Waals surface area (Å²) in [6.45, 7) is 4.46. The second-order valence-electron chi connectivity index (χ2n) is 3.95. The summed E-state index contributed by atoms with van der Waals surface area (Å²) in [5.74, 6) is 0. The van der Waals surface area contributed by atoms with Gasteiger partial charge < -0.3 is 15.2 Å². The second kappa shape index (κ2) is 6.39. The van der Waals surface area contributed by atoms with E-state index in [-0.39, 0.29) is 6.03 Å².